The van der Waals surface area contributed by atoms with Crippen LogP contribution in [0.2, 0.25) is 0 Å². The van der Waals surface area contributed by atoms with Gasteiger partial charge < -0.3 is 5.11 Å². The van der Waals surface area contributed by atoms with E-state index in [1.807, 2.05) is 5.32 Å². The van der Waals surface area contributed by atoms with E-state index in [0.29, 0.717) is 12.1 Å². The third kappa shape index (κ3) is 4.64. The summed E-state index contributed by atoms with van der Waals surface area (Å²) >= 11 is 0. The van der Waals surface area contributed by atoms with Crippen LogP contribution in [0.25, 0.3) is 0 Å². The zero-order valence-corrected chi connectivity index (χ0v) is 9.82. The summed E-state index contributed by atoms with van der Waals surface area (Å²) in [6.07, 6.45) is -9.55. The minimum atomic E-state index is -4.97. The predicted molar refractivity (Wildman–Crippen MR) is 55.3 cm³/mol. The molecule has 0 saturated heterocycles. The highest BCUT2D eigenvalue weighted by Crippen LogP contribution is 2.33. The van der Waals surface area contributed by atoms with Crippen LogP contribution in [0.1, 0.15) is 17.2 Å². The predicted octanol–water partition coefficient (Wildman–Crippen LogP) is 3.03. The molecule has 2 N–H and O–H groups in total. The van der Waals surface area contributed by atoms with Gasteiger partial charge in [-0.05, 0) is 17.7 Å². The van der Waals surface area contributed by atoms with E-state index >= 15 is 0 Å². The first-order chi connectivity index (χ1) is 9.04. The van der Waals surface area contributed by atoms with Crippen molar-refractivity contribution in [2.75, 3.05) is 13.2 Å². The fraction of sp³-hybridized carbons (Fsp3) is 0.455. The summed E-state index contributed by atoms with van der Waals surface area (Å²) in [5.41, 5.74) is -1.88. The summed E-state index contributed by atoms with van der Waals surface area (Å²) in [5.74, 6) is -1.53. The maximum absolute atomic E-state index is 13.0. The molecule has 1 aromatic rings. The van der Waals surface area contributed by atoms with E-state index in [1.54, 1.807) is 0 Å². The maximum Gasteiger partial charge on any atom is 0.419 e. The fourth-order valence-electron chi connectivity index (χ4n) is 1.50. The Labute approximate surface area is 109 Å². The highest BCUT2D eigenvalue weighted by molar-refractivity contribution is 5.29. The summed E-state index contributed by atoms with van der Waals surface area (Å²) < 4.78 is 86.5. The first-order valence-electron chi connectivity index (χ1n) is 5.32. The minimum absolute atomic E-state index is 0.287. The second kappa shape index (κ2) is 5.96. The van der Waals surface area contributed by atoms with E-state index in [9.17, 15) is 30.7 Å². The highest BCUT2D eigenvalue weighted by Gasteiger charge is 2.35. The molecule has 0 aliphatic carbocycles. The van der Waals surface area contributed by atoms with Crippen molar-refractivity contribution in [3.63, 3.8) is 0 Å². The van der Waals surface area contributed by atoms with Gasteiger partial charge in [-0.1, -0.05) is 6.07 Å². The molecule has 0 aliphatic rings. The Balaban J connectivity index is 2.99. The average Bonchev–Trinajstić information content (AvgIpc) is 2.28. The molecule has 0 saturated carbocycles. The van der Waals surface area contributed by atoms with E-state index in [0.717, 1.165) is 6.07 Å². The molecule has 0 aromatic heterocycles. The zero-order valence-electron chi connectivity index (χ0n) is 9.82. The first-order valence-corrected chi connectivity index (χ1v) is 5.32. The van der Waals surface area contributed by atoms with Gasteiger partial charge in [0.05, 0.1) is 24.8 Å². The standard InChI is InChI=1S/C11H10F7NO/c12-8-2-1-6(3-7(8)11(16,17)18)9(4-20)19-5-10(13,14)15/h1-3,9,19-20H,4-5H2. The Morgan fingerprint density at radius 2 is 1.70 bits per heavy atom. The summed E-state index contributed by atoms with van der Waals surface area (Å²) in [6.45, 7) is -2.35. The van der Waals surface area contributed by atoms with Crippen molar-refractivity contribution < 1.29 is 35.8 Å². The lowest BCUT2D eigenvalue weighted by atomic mass is 10.0. The van der Waals surface area contributed by atoms with Crippen molar-refractivity contribution in [2.45, 2.75) is 18.4 Å². The number of hydrogen-bond donors (Lipinski definition) is 2. The molecule has 2 nitrogen and oxygen atoms in total. The van der Waals surface area contributed by atoms with Crippen LogP contribution in [0.5, 0.6) is 0 Å². The fourth-order valence-corrected chi connectivity index (χ4v) is 1.50. The van der Waals surface area contributed by atoms with Gasteiger partial charge in [0, 0.05) is 0 Å². The van der Waals surface area contributed by atoms with E-state index in [1.165, 1.54) is 0 Å². The van der Waals surface area contributed by atoms with Gasteiger partial charge in [0.15, 0.2) is 0 Å². The maximum atomic E-state index is 13.0. The molecule has 1 rings (SSSR count). The summed E-state index contributed by atoms with van der Waals surface area (Å²) in [7, 11) is 0. The van der Waals surface area contributed by atoms with Crippen LogP contribution >= 0.6 is 0 Å². The molecule has 0 bridgehead atoms. The second-order valence-electron chi connectivity index (χ2n) is 3.97. The lowest BCUT2D eigenvalue weighted by Gasteiger charge is -2.19. The molecule has 0 aliphatic heterocycles. The molecular weight excluding hydrogens is 295 g/mol. The molecule has 0 radical (unpaired) electrons. The number of hydrogen-bond acceptors (Lipinski definition) is 2. The second-order valence-corrected chi connectivity index (χ2v) is 3.97. The van der Waals surface area contributed by atoms with Gasteiger partial charge in [-0.2, -0.15) is 26.3 Å². The lowest BCUT2D eigenvalue weighted by Crippen LogP contribution is -2.34. The Morgan fingerprint density at radius 3 is 2.15 bits per heavy atom. The number of nitrogens with one attached hydrogen (secondary N) is 1. The van der Waals surface area contributed by atoms with E-state index < -0.39 is 42.9 Å². The van der Waals surface area contributed by atoms with Gasteiger partial charge >= 0.3 is 12.4 Å². The normalized spacial score (nSPS) is 14.4. The summed E-state index contributed by atoms with van der Waals surface area (Å²) in [5, 5.41) is 10.8. The Bertz CT molecular complexity index is 455. The van der Waals surface area contributed by atoms with Crippen molar-refractivity contribution in [2.24, 2.45) is 0 Å². The van der Waals surface area contributed by atoms with E-state index in [-0.39, 0.29) is 5.56 Å². The van der Waals surface area contributed by atoms with Gasteiger partial charge in [0.25, 0.3) is 0 Å². The van der Waals surface area contributed by atoms with Crippen molar-refractivity contribution >= 4 is 0 Å². The number of alkyl halides is 6. The van der Waals surface area contributed by atoms with E-state index in [4.69, 9.17) is 5.11 Å². The van der Waals surface area contributed by atoms with Gasteiger partial charge in [-0.25, -0.2) is 4.39 Å². The molecular formula is C11H10F7NO. The molecule has 114 valence electrons. The molecule has 0 heterocycles. The monoisotopic (exact) mass is 305 g/mol. The number of aliphatic hydroxyl groups is 1. The summed E-state index contributed by atoms with van der Waals surface area (Å²) in [6, 6.07) is 0.378. The Morgan fingerprint density at radius 1 is 1.10 bits per heavy atom. The van der Waals surface area contributed by atoms with Crippen LogP contribution in [0.4, 0.5) is 30.7 Å². The quantitative estimate of drug-likeness (QED) is 0.838. The SMILES string of the molecule is OCC(NCC(F)(F)F)c1ccc(F)c(C(F)(F)F)c1. The van der Waals surface area contributed by atoms with Crippen molar-refractivity contribution in [3.05, 3.63) is 35.1 Å². The number of aliphatic hydroxyl groups excluding tert-OH is 1. The van der Waals surface area contributed by atoms with Gasteiger partial charge in [-0.3, -0.25) is 5.32 Å². The number of halogens is 7. The molecule has 1 aromatic carbocycles. The Hall–Kier alpha value is -1.35. The van der Waals surface area contributed by atoms with Crippen LogP contribution in [0, 0.1) is 5.82 Å². The van der Waals surface area contributed by atoms with Gasteiger partial charge in [0.2, 0.25) is 0 Å². The topological polar surface area (TPSA) is 32.3 Å². The average molecular weight is 305 g/mol. The molecule has 0 spiro atoms. The third-order valence-corrected chi connectivity index (χ3v) is 2.43. The minimum Gasteiger partial charge on any atom is -0.394 e. The van der Waals surface area contributed by atoms with Crippen LogP contribution in [0.3, 0.4) is 0 Å². The van der Waals surface area contributed by atoms with E-state index in [2.05, 4.69) is 0 Å². The molecule has 20 heavy (non-hydrogen) atoms. The van der Waals surface area contributed by atoms with Gasteiger partial charge in [0.1, 0.15) is 5.82 Å². The number of rotatable bonds is 4. The van der Waals surface area contributed by atoms with Crippen molar-refractivity contribution in [1.82, 2.24) is 5.32 Å². The van der Waals surface area contributed by atoms with Crippen LogP contribution in [-0.4, -0.2) is 24.4 Å². The molecule has 0 amide bonds. The molecule has 0 fully saturated rings. The van der Waals surface area contributed by atoms with Crippen LogP contribution in [0.15, 0.2) is 18.2 Å². The molecule has 1 unspecified atom stereocenters. The van der Waals surface area contributed by atoms with Crippen LogP contribution in [-0.2, 0) is 6.18 Å². The molecule has 1 atom stereocenters. The van der Waals surface area contributed by atoms with Crippen LogP contribution < -0.4 is 5.32 Å². The Kier molecular flexibility index (Phi) is 4.98. The van der Waals surface area contributed by atoms with Crippen molar-refractivity contribution in [3.8, 4) is 0 Å². The summed E-state index contributed by atoms with van der Waals surface area (Å²) in [4.78, 5) is 0. The van der Waals surface area contributed by atoms with Gasteiger partial charge in [-0.15, -0.1) is 0 Å². The first kappa shape index (κ1) is 16.7. The van der Waals surface area contributed by atoms with Crippen molar-refractivity contribution in [1.29, 1.82) is 0 Å². The smallest absolute Gasteiger partial charge is 0.394 e. The number of benzene rings is 1. The highest BCUT2D eigenvalue weighted by atomic mass is 19.4. The lowest BCUT2D eigenvalue weighted by molar-refractivity contribution is -0.140. The molecule has 9 heteroatoms. The third-order valence-electron chi connectivity index (χ3n) is 2.43. The zero-order chi connectivity index (χ0) is 15.6. The largest absolute Gasteiger partial charge is 0.419 e.